The molecule has 2 aromatic rings. The number of thioether (sulfide) groups is 1. The van der Waals surface area contributed by atoms with E-state index >= 15 is 0 Å². The van der Waals surface area contributed by atoms with Gasteiger partial charge in [-0.3, -0.25) is 0 Å². The number of methoxy groups -OCH3 is 1. The number of aromatic nitrogens is 3. The van der Waals surface area contributed by atoms with Gasteiger partial charge in [0.15, 0.2) is 5.16 Å². The van der Waals surface area contributed by atoms with Gasteiger partial charge in [-0.05, 0) is 24.6 Å². The number of nitrogens with two attached hydrogens (primary N) is 1. The molecule has 0 aliphatic heterocycles. The van der Waals surface area contributed by atoms with E-state index in [1.165, 1.54) is 0 Å². The van der Waals surface area contributed by atoms with Crippen LogP contribution in [0.1, 0.15) is 24.4 Å². The molecule has 0 spiro atoms. The van der Waals surface area contributed by atoms with Crippen LogP contribution in [0.3, 0.4) is 0 Å². The number of rotatable bonds is 5. The van der Waals surface area contributed by atoms with E-state index in [-0.39, 0.29) is 11.3 Å². The Hall–Kier alpha value is -1.53. The van der Waals surface area contributed by atoms with Crippen LogP contribution in [0.15, 0.2) is 29.4 Å². The molecule has 2 unspecified atom stereocenters. The fourth-order valence-electron chi connectivity index (χ4n) is 1.83. The van der Waals surface area contributed by atoms with Crippen LogP contribution in [0.25, 0.3) is 0 Å². The summed E-state index contributed by atoms with van der Waals surface area (Å²) in [6, 6.07) is 7.80. The Kier molecular flexibility index (Phi) is 4.67. The minimum absolute atomic E-state index is 0.0667. The minimum atomic E-state index is -0.0667. The van der Waals surface area contributed by atoms with Crippen LogP contribution in [0.5, 0.6) is 5.75 Å². The summed E-state index contributed by atoms with van der Waals surface area (Å²) < 4.78 is 7.13. The standard InChI is InChI=1S/C14H20N4OS/c1-9(20-14-17-16-10(2)18(14)3)13(15)11-5-7-12(19-4)8-6-11/h5-9,13H,15H2,1-4H3. The highest BCUT2D eigenvalue weighted by molar-refractivity contribution is 7.99. The Morgan fingerprint density at radius 3 is 2.40 bits per heavy atom. The van der Waals surface area contributed by atoms with Crippen molar-refractivity contribution in [3.63, 3.8) is 0 Å². The van der Waals surface area contributed by atoms with Crippen molar-refractivity contribution in [2.45, 2.75) is 30.3 Å². The fourth-order valence-corrected chi connectivity index (χ4v) is 2.84. The zero-order valence-corrected chi connectivity index (χ0v) is 13.0. The number of ether oxygens (including phenoxy) is 1. The first-order chi connectivity index (χ1) is 9.52. The van der Waals surface area contributed by atoms with Crippen molar-refractivity contribution in [2.24, 2.45) is 12.8 Å². The monoisotopic (exact) mass is 292 g/mol. The van der Waals surface area contributed by atoms with Gasteiger partial charge in [-0.2, -0.15) is 0 Å². The van der Waals surface area contributed by atoms with Gasteiger partial charge in [0.05, 0.1) is 7.11 Å². The third-order valence-corrected chi connectivity index (χ3v) is 4.58. The summed E-state index contributed by atoms with van der Waals surface area (Å²) >= 11 is 1.64. The molecule has 2 atom stereocenters. The first-order valence-electron chi connectivity index (χ1n) is 6.45. The maximum Gasteiger partial charge on any atom is 0.191 e. The Balaban J connectivity index is 2.07. The summed E-state index contributed by atoms with van der Waals surface area (Å²) in [5.41, 5.74) is 7.40. The van der Waals surface area contributed by atoms with Gasteiger partial charge in [0.25, 0.3) is 0 Å². The van der Waals surface area contributed by atoms with E-state index in [2.05, 4.69) is 17.1 Å². The number of hydrogen-bond acceptors (Lipinski definition) is 5. The Morgan fingerprint density at radius 1 is 1.25 bits per heavy atom. The molecule has 1 heterocycles. The smallest absolute Gasteiger partial charge is 0.191 e. The topological polar surface area (TPSA) is 66.0 Å². The van der Waals surface area contributed by atoms with Gasteiger partial charge in [-0.1, -0.05) is 30.8 Å². The Labute approximate surface area is 123 Å². The van der Waals surface area contributed by atoms with Crippen LogP contribution in [0.4, 0.5) is 0 Å². The van der Waals surface area contributed by atoms with E-state index < -0.39 is 0 Å². The molecule has 20 heavy (non-hydrogen) atoms. The molecular weight excluding hydrogens is 272 g/mol. The lowest BCUT2D eigenvalue weighted by Gasteiger charge is -2.19. The van der Waals surface area contributed by atoms with Gasteiger partial charge < -0.3 is 15.0 Å². The normalized spacial score (nSPS) is 14.1. The summed E-state index contributed by atoms with van der Waals surface area (Å²) in [4.78, 5) is 0. The van der Waals surface area contributed by atoms with Crippen LogP contribution in [-0.4, -0.2) is 27.1 Å². The second-order valence-corrected chi connectivity index (χ2v) is 6.06. The summed E-state index contributed by atoms with van der Waals surface area (Å²) in [6.07, 6.45) is 0. The van der Waals surface area contributed by atoms with Crippen molar-refractivity contribution >= 4 is 11.8 Å². The van der Waals surface area contributed by atoms with Crippen molar-refractivity contribution in [3.05, 3.63) is 35.7 Å². The van der Waals surface area contributed by atoms with Crippen molar-refractivity contribution in [1.29, 1.82) is 0 Å². The van der Waals surface area contributed by atoms with Crippen LogP contribution in [-0.2, 0) is 7.05 Å². The molecule has 0 saturated carbocycles. The molecule has 0 aliphatic rings. The van der Waals surface area contributed by atoms with Crippen molar-refractivity contribution in [1.82, 2.24) is 14.8 Å². The number of hydrogen-bond donors (Lipinski definition) is 1. The van der Waals surface area contributed by atoms with Gasteiger partial charge in [-0.25, -0.2) is 0 Å². The lowest BCUT2D eigenvalue weighted by molar-refractivity contribution is 0.414. The van der Waals surface area contributed by atoms with Crippen LogP contribution in [0.2, 0.25) is 0 Å². The SMILES string of the molecule is COc1ccc(C(N)C(C)Sc2nnc(C)n2C)cc1. The molecule has 0 radical (unpaired) electrons. The molecule has 6 heteroatoms. The predicted molar refractivity (Wildman–Crippen MR) is 81.0 cm³/mol. The lowest BCUT2D eigenvalue weighted by Crippen LogP contribution is -2.21. The summed E-state index contributed by atoms with van der Waals surface area (Å²) in [6.45, 7) is 4.04. The zero-order valence-electron chi connectivity index (χ0n) is 12.2. The Bertz CT molecular complexity index is 567. The Morgan fingerprint density at radius 2 is 1.90 bits per heavy atom. The fraction of sp³-hybridized carbons (Fsp3) is 0.429. The highest BCUT2D eigenvalue weighted by atomic mass is 32.2. The number of benzene rings is 1. The van der Waals surface area contributed by atoms with Gasteiger partial charge in [0.1, 0.15) is 11.6 Å². The van der Waals surface area contributed by atoms with E-state index in [0.717, 1.165) is 22.3 Å². The van der Waals surface area contributed by atoms with Crippen LogP contribution >= 0.6 is 11.8 Å². The van der Waals surface area contributed by atoms with E-state index in [1.807, 2.05) is 42.8 Å². The van der Waals surface area contributed by atoms with Crippen LogP contribution < -0.4 is 10.5 Å². The van der Waals surface area contributed by atoms with E-state index in [4.69, 9.17) is 10.5 Å². The van der Waals surface area contributed by atoms with Gasteiger partial charge >= 0.3 is 0 Å². The second-order valence-electron chi connectivity index (χ2n) is 4.71. The molecule has 0 saturated heterocycles. The highest BCUT2D eigenvalue weighted by Gasteiger charge is 2.19. The average Bonchev–Trinajstić information content (AvgIpc) is 2.78. The largest absolute Gasteiger partial charge is 0.497 e. The molecule has 108 valence electrons. The van der Waals surface area contributed by atoms with E-state index in [9.17, 15) is 0 Å². The second kappa shape index (κ2) is 6.28. The molecule has 2 rings (SSSR count). The molecule has 1 aromatic heterocycles. The lowest BCUT2D eigenvalue weighted by atomic mass is 10.1. The average molecular weight is 292 g/mol. The zero-order chi connectivity index (χ0) is 14.7. The molecule has 0 bridgehead atoms. The van der Waals surface area contributed by atoms with Gasteiger partial charge in [-0.15, -0.1) is 10.2 Å². The molecule has 0 fully saturated rings. The summed E-state index contributed by atoms with van der Waals surface area (Å²) in [5.74, 6) is 1.74. The molecule has 5 nitrogen and oxygen atoms in total. The van der Waals surface area contributed by atoms with E-state index in [1.54, 1.807) is 18.9 Å². The molecule has 0 amide bonds. The minimum Gasteiger partial charge on any atom is -0.497 e. The molecular formula is C14H20N4OS. The summed E-state index contributed by atoms with van der Waals surface area (Å²) in [5, 5.41) is 9.31. The van der Waals surface area contributed by atoms with E-state index in [0.29, 0.717) is 0 Å². The highest BCUT2D eigenvalue weighted by Crippen LogP contribution is 2.30. The molecule has 1 aromatic carbocycles. The molecule has 2 N–H and O–H groups in total. The predicted octanol–water partition coefficient (Wildman–Crippen LogP) is 2.31. The third-order valence-electron chi connectivity index (χ3n) is 3.35. The van der Waals surface area contributed by atoms with Crippen molar-refractivity contribution in [3.8, 4) is 5.75 Å². The summed E-state index contributed by atoms with van der Waals surface area (Å²) in [7, 11) is 3.62. The first-order valence-corrected chi connectivity index (χ1v) is 7.33. The third kappa shape index (κ3) is 3.13. The van der Waals surface area contributed by atoms with Crippen molar-refractivity contribution < 1.29 is 4.74 Å². The number of nitrogens with zero attached hydrogens (tertiary/aromatic N) is 3. The van der Waals surface area contributed by atoms with Gasteiger partial charge in [0.2, 0.25) is 0 Å². The first kappa shape index (κ1) is 14.9. The maximum atomic E-state index is 6.32. The molecule has 0 aliphatic carbocycles. The van der Waals surface area contributed by atoms with Crippen molar-refractivity contribution in [2.75, 3.05) is 7.11 Å². The maximum absolute atomic E-state index is 6.32. The quantitative estimate of drug-likeness (QED) is 0.857. The van der Waals surface area contributed by atoms with Gasteiger partial charge in [0, 0.05) is 18.3 Å². The number of aryl methyl sites for hydroxylation is 1. The van der Waals surface area contributed by atoms with Crippen LogP contribution in [0, 0.1) is 6.92 Å².